The van der Waals surface area contributed by atoms with E-state index in [0.717, 1.165) is 22.4 Å². The van der Waals surface area contributed by atoms with E-state index in [2.05, 4.69) is 32.2 Å². The molecule has 1 heterocycles. The Morgan fingerprint density at radius 2 is 1.79 bits per heavy atom. The number of hydrogen-bond acceptors (Lipinski definition) is 5. The number of fused-ring (bicyclic) bond motifs is 1. The van der Waals surface area contributed by atoms with Crippen LogP contribution in [-0.4, -0.2) is 25.7 Å². The van der Waals surface area contributed by atoms with Gasteiger partial charge in [-0.25, -0.2) is 4.79 Å². The van der Waals surface area contributed by atoms with E-state index in [1.807, 2.05) is 18.2 Å². The Bertz CT molecular complexity index is 957. The minimum atomic E-state index is -0.455. The van der Waals surface area contributed by atoms with Gasteiger partial charge in [0, 0.05) is 29.0 Å². The summed E-state index contributed by atoms with van der Waals surface area (Å²) in [5.74, 6) is 1.35. The van der Waals surface area contributed by atoms with E-state index in [9.17, 15) is 4.79 Å². The molecular weight excluding hydrogens is 354 g/mol. The van der Waals surface area contributed by atoms with Crippen LogP contribution in [0.15, 0.2) is 48.6 Å². The lowest BCUT2D eigenvalue weighted by Gasteiger charge is -2.31. The first-order chi connectivity index (χ1) is 13.3. The third-order valence-corrected chi connectivity index (χ3v) is 4.51. The van der Waals surface area contributed by atoms with Crippen molar-refractivity contribution >= 4 is 23.3 Å². The number of hydrogen-bond donors (Lipinski definition) is 1. The topological polar surface area (TPSA) is 56.8 Å². The summed E-state index contributed by atoms with van der Waals surface area (Å²) in [4.78, 5) is 12.3. The van der Waals surface area contributed by atoms with E-state index in [1.165, 1.54) is 6.08 Å². The summed E-state index contributed by atoms with van der Waals surface area (Å²) in [6, 6.07) is 11.0. The van der Waals surface area contributed by atoms with Crippen molar-refractivity contribution in [1.82, 2.24) is 0 Å². The van der Waals surface area contributed by atoms with Crippen molar-refractivity contribution in [2.75, 3.05) is 19.5 Å². The number of anilines is 1. The molecule has 1 N–H and O–H groups in total. The van der Waals surface area contributed by atoms with E-state index in [0.29, 0.717) is 17.2 Å². The average molecular weight is 379 g/mol. The molecule has 146 valence electrons. The number of allylic oxidation sites excluding steroid dienone is 1. The fourth-order valence-corrected chi connectivity index (χ4v) is 3.29. The molecule has 28 heavy (non-hydrogen) atoms. The number of nitrogens with one attached hydrogen (secondary N) is 1. The lowest BCUT2D eigenvalue weighted by atomic mass is 9.91. The predicted molar refractivity (Wildman–Crippen MR) is 112 cm³/mol. The zero-order valence-electron chi connectivity index (χ0n) is 16.8. The van der Waals surface area contributed by atoms with E-state index >= 15 is 0 Å². The fraction of sp³-hybridized carbons (Fsp3) is 0.261. The highest BCUT2D eigenvalue weighted by atomic mass is 16.5. The molecule has 0 aliphatic carbocycles. The molecule has 0 atom stereocenters. The number of benzene rings is 2. The maximum atomic E-state index is 12.3. The first-order valence-corrected chi connectivity index (χ1v) is 9.05. The molecule has 0 fully saturated rings. The van der Waals surface area contributed by atoms with Gasteiger partial charge in [0.05, 0.1) is 19.8 Å². The van der Waals surface area contributed by atoms with Crippen LogP contribution in [0.2, 0.25) is 0 Å². The quantitative estimate of drug-likeness (QED) is 0.453. The van der Waals surface area contributed by atoms with Gasteiger partial charge in [-0.3, -0.25) is 0 Å². The molecule has 0 radical (unpaired) electrons. The highest BCUT2D eigenvalue weighted by Crippen LogP contribution is 2.35. The van der Waals surface area contributed by atoms with Crippen molar-refractivity contribution < 1.29 is 19.0 Å². The summed E-state index contributed by atoms with van der Waals surface area (Å²) in [5, 5.41) is 3.46. The molecule has 2 aromatic rings. The van der Waals surface area contributed by atoms with Crippen molar-refractivity contribution in [3.05, 3.63) is 59.7 Å². The Morgan fingerprint density at radius 1 is 1.04 bits per heavy atom. The summed E-state index contributed by atoms with van der Waals surface area (Å²) in [6.07, 6.45) is 5.21. The van der Waals surface area contributed by atoms with E-state index < -0.39 is 5.97 Å². The van der Waals surface area contributed by atoms with Crippen molar-refractivity contribution in [3.63, 3.8) is 0 Å². The van der Waals surface area contributed by atoms with E-state index in [1.54, 1.807) is 38.5 Å². The van der Waals surface area contributed by atoms with Crippen LogP contribution < -0.4 is 19.5 Å². The molecule has 5 heteroatoms. The molecule has 0 saturated heterocycles. The molecule has 0 saturated carbocycles. The van der Waals surface area contributed by atoms with Crippen LogP contribution >= 0.6 is 0 Å². The Morgan fingerprint density at radius 3 is 2.50 bits per heavy atom. The first kappa shape index (κ1) is 19.5. The normalized spacial score (nSPS) is 14.7. The maximum absolute atomic E-state index is 12.3. The smallest absolute Gasteiger partial charge is 0.336 e. The minimum absolute atomic E-state index is 0.102. The molecule has 3 rings (SSSR count). The molecular formula is C23H25NO4. The lowest BCUT2D eigenvalue weighted by Crippen LogP contribution is -2.31. The number of methoxy groups -OCH3 is 2. The molecule has 5 nitrogen and oxygen atoms in total. The molecule has 0 spiro atoms. The zero-order chi connectivity index (χ0) is 20.3. The van der Waals surface area contributed by atoms with Crippen LogP contribution in [0.3, 0.4) is 0 Å². The largest absolute Gasteiger partial charge is 0.497 e. The van der Waals surface area contributed by atoms with Gasteiger partial charge in [-0.05, 0) is 62.8 Å². The third kappa shape index (κ3) is 4.36. The highest BCUT2D eigenvalue weighted by Gasteiger charge is 2.22. The summed E-state index contributed by atoms with van der Waals surface area (Å²) < 4.78 is 16.0. The Kier molecular flexibility index (Phi) is 5.45. The number of rotatable bonds is 5. The summed E-state index contributed by atoms with van der Waals surface area (Å²) >= 11 is 0. The average Bonchev–Trinajstić information content (AvgIpc) is 2.66. The third-order valence-electron chi connectivity index (χ3n) is 4.51. The predicted octanol–water partition coefficient (Wildman–Crippen LogP) is 4.93. The second kappa shape index (κ2) is 7.80. The monoisotopic (exact) mass is 379 g/mol. The lowest BCUT2D eigenvalue weighted by molar-refractivity contribution is -0.128. The molecule has 0 aromatic heterocycles. The van der Waals surface area contributed by atoms with Gasteiger partial charge >= 0.3 is 5.97 Å². The zero-order valence-corrected chi connectivity index (χ0v) is 16.8. The summed E-state index contributed by atoms with van der Waals surface area (Å²) in [7, 11) is 3.16. The second-order valence-electron chi connectivity index (χ2n) is 7.24. The van der Waals surface area contributed by atoms with Crippen LogP contribution in [0.1, 0.15) is 31.9 Å². The standard InChI is InChI=1S/C23H25NO4/c1-15-14-23(2,3)24-20-10-9-18(12-19(15)20)28-22(25)11-7-16-6-8-17(26-4)13-21(16)27-5/h6-14,24H,1-5H3/b11-7+. The summed E-state index contributed by atoms with van der Waals surface area (Å²) in [6.45, 7) is 6.29. The first-order valence-electron chi connectivity index (χ1n) is 9.05. The van der Waals surface area contributed by atoms with Crippen LogP contribution in [0.4, 0.5) is 5.69 Å². The van der Waals surface area contributed by atoms with E-state index in [4.69, 9.17) is 14.2 Å². The maximum Gasteiger partial charge on any atom is 0.336 e. The van der Waals surface area contributed by atoms with Crippen LogP contribution in [0, 0.1) is 0 Å². The van der Waals surface area contributed by atoms with Gasteiger partial charge in [0.25, 0.3) is 0 Å². The Labute approximate surface area is 165 Å². The Balaban J connectivity index is 1.74. The van der Waals surface area contributed by atoms with Gasteiger partial charge in [-0.1, -0.05) is 6.08 Å². The SMILES string of the molecule is COc1ccc(/C=C/C(=O)Oc2ccc3c(c2)C(C)=CC(C)(C)N3)c(OC)c1. The minimum Gasteiger partial charge on any atom is -0.497 e. The van der Waals surface area contributed by atoms with E-state index in [-0.39, 0.29) is 5.54 Å². The molecule has 2 aromatic carbocycles. The van der Waals surface area contributed by atoms with Crippen molar-refractivity contribution in [2.24, 2.45) is 0 Å². The van der Waals surface area contributed by atoms with Crippen LogP contribution in [0.25, 0.3) is 11.6 Å². The number of esters is 1. The van der Waals surface area contributed by atoms with Gasteiger partial charge in [0.15, 0.2) is 0 Å². The highest BCUT2D eigenvalue weighted by molar-refractivity contribution is 5.90. The Hall–Kier alpha value is -3.21. The van der Waals surface area contributed by atoms with Crippen LogP contribution in [-0.2, 0) is 4.79 Å². The number of carbonyl (C=O) groups excluding carboxylic acids is 1. The van der Waals surface area contributed by atoms with Gasteiger partial charge in [-0.15, -0.1) is 0 Å². The summed E-state index contributed by atoms with van der Waals surface area (Å²) in [5.41, 5.74) is 3.87. The molecule has 1 aliphatic heterocycles. The second-order valence-corrected chi connectivity index (χ2v) is 7.24. The fourth-order valence-electron chi connectivity index (χ4n) is 3.29. The van der Waals surface area contributed by atoms with Gasteiger partial charge in [-0.2, -0.15) is 0 Å². The van der Waals surface area contributed by atoms with Gasteiger partial charge in [0.1, 0.15) is 17.2 Å². The molecule has 0 bridgehead atoms. The molecule has 1 aliphatic rings. The van der Waals surface area contributed by atoms with Gasteiger partial charge < -0.3 is 19.5 Å². The number of carbonyl (C=O) groups is 1. The molecule has 0 amide bonds. The van der Waals surface area contributed by atoms with Crippen molar-refractivity contribution in [2.45, 2.75) is 26.3 Å². The van der Waals surface area contributed by atoms with Crippen molar-refractivity contribution in [3.8, 4) is 17.2 Å². The van der Waals surface area contributed by atoms with Crippen molar-refractivity contribution in [1.29, 1.82) is 0 Å². The molecule has 0 unspecified atom stereocenters. The van der Waals surface area contributed by atoms with Gasteiger partial charge in [0.2, 0.25) is 0 Å². The number of ether oxygens (including phenoxy) is 3. The van der Waals surface area contributed by atoms with Crippen LogP contribution in [0.5, 0.6) is 17.2 Å².